The predicted molar refractivity (Wildman–Crippen MR) is 68.1 cm³/mol. The summed E-state index contributed by atoms with van der Waals surface area (Å²) in [6.45, 7) is 1.77. The van der Waals surface area contributed by atoms with Gasteiger partial charge in [0.2, 0.25) is 5.91 Å². The van der Waals surface area contributed by atoms with Crippen molar-refractivity contribution in [3.63, 3.8) is 0 Å². The topological polar surface area (TPSA) is 52.9 Å². The summed E-state index contributed by atoms with van der Waals surface area (Å²) in [5.41, 5.74) is 1.81. The van der Waals surface area contributed by atoms with E-state index in [1.807, 2.05) is 0 Å². The lowest BCUT2D eigenvalue weighted by atomic mass is 10.1. The number of nitriles is 1. The Kier molecular flexibility index (Phi) is 3.31. The normalized spacial score (nSPS) is 15.3. The number of carbonyl (C=O) groups excluding carboxylic acids is 1. The van der Waals surface area contributed by atoms with Crippen molar-refractivity contribution in [1.82, 2.24) is 0 Å². The molecule has 0 radical (unpaired) electrons. The molecule has 0 saturated carbocycles. The van der Waals surface area contributed by atoms with Crippen LogP contribution in [0.4, 0.5) is 5.00 Å². The fraction of sp³-hybridized carbons (Fsp3) is 0.455. The molecule has 0 spiro atoms. The average molecular weight is 299 g/mol. The maximum Gasteiger partial charge on any atom is 0.238 e. The summed E-state index contributed by atoms with van der Waals surface area (Å²) in [7, 11) is 0. The van der Waals surface area contributed by atoms with Crippen LogP contribution in [0.2, 0.25) is 0 Å². The molecular weight excluding hydrogens is 288 g/mol. The summed E-state index contributed by atoms with van der Waals surface area (Å²) < 4.78 is 0. The van der Waals surface area contributed by atoms with E-state index in [-0.39, 0.29) is 10.7 Å². The summed E-state index contributed by atoms with van der Waals surface area (Å²) >= 11 is 4.75. The Balaban J connectivity index is 2.29. The van der Waals surface area contributed by atoms with Gasteiger partial charge in [-0.3, -0.25) is 4.79 Å². The lowest BCUT2D eigenvalue weighted by Gasteiger charge is -2.04. The largest absolute Gasteiger partial charge is 0.316 e. The quantitative estimate of drug-likeness (QED) is 0.854. The van der Waals surface area contributed by atoms with Crippen molar-refractivity contribution in [2.75, 3.05) is 5.32 Å². The Bertz CT molecular complexity index is 473. The smallest absolute Gasteiger partial charge is 0.238 e. The standard InChI is InChI=1S/C11H11BrN2OS/c1-6(12)10(15)14-11-8(5-13)7-3-2-4-9(7)16-11/h6H,2-4H2,1H3,(H,14,15)/t6-/m1/s1. The maximum absolute atomic E-state index is 11.5. The first kappa shape index (κ1) is 11.6. The highest BCUT2D eigenvalue weighted by atomic mass is 79.9. The molecule has 0 aliphatic heterocycles. The zero-order valence-corrected chi connectivity index (χ0v) is 11.2. The highest BCUT2D eigenvalue weighted by molar-refractivity contribution is 9.10. The number of thiophene rings is 1. The van der Waals surface area contributed by atoms with Crippen LogP contribution in [0.15, 0.2) is 0 Å². The highest BCUT2D eigenvalue weighted by Gasteiger charge is 2.23. The molecule has 5 heteroatoms. The molecule has 1 aliphatic carbocycles. The Morgan fingerprint density at radius 1 is 1.62 bits per heavy atom. The van der Waals surface area contributed by atoms with Crippen LogP contribution in [0.1, 0.15) is 29.3 Å². The van der Waals surface area contributed by atoms with Gasteiger partial charge in [0.1, 0.15) is 11.1 Å². The van der Waals surface area contributed by atoms with Crippen molar-refractivity contribution in [3.8, 4) is 6.07 Å². The third kappa shape index (κ3) is 2.00. The van der Waals surface area contributed by atoms with E-state index in [2.05, 4.69) is 27.3 Å². The average Bonchev–Trinajstić information content (AvgIpc) is 2.77. The minimum atomic E-state index is -0.240. The van der Waals surface area contributed by atoms with E-state index >= 15 is 0 Å². The second-order valence-corrected chi connectivity index (χ2v) is 6.26. The summed E-state index contributed by atoms with van der Waals surface area (Å²) in [5, 5.41) is 12.6. The van der Waals surface area contributed by atoms with E-state index in [0.29, 0.717) is 10.6 Å². The number of hydrogen-bond donors (Lipinski definition) is 1. The zero-order chi connectivity index (χ0) is 11.7. The third-order valence-electron chi connectivity index (χ3n) is 2.63. The van der Waals surface area contributed by atoms with E-state index in [1.54, 1.807) is 18.3 Å². The molecule has 0 fully saturated rings. The molecule has 0 unspecified atom stereocenters. The van der Waals surface area contributed by atoms with Crippen molar-refractivity contribution in [2.24, 2.45) is 0 Å². The van der Waals surface area contributed by atoms with Crippen LogP contribution in [-0.4, -0.2) is 10.7 Å². The van der Waals surface area contributed by atoms with Crippen LogP contribution in [0.5, 0.6) is 0 Å². The van der Waals surface area contributed by atoms with Crippen LogP contribution in [0.3, 0.4) is 0 Å². The van der Waals surface area contributed by atoms with E-state index < -0.39 is 0 Å². The molecule has 1 aromatic heterocycles. The molecule has 1 atom stereocenters. The van der Waals surface area contributed by atoms with Gasteiger partial charge in [-0.15, -0.1) is 11.3 Å². The number of hydrogen-bond acceptors (Lipinski definition) is 3. The van der Waals surface area contributed by atoms with Gasteiger partial charge in [-0.25, -0.2) is 0 Å². The number of rotatable bonds is 2. The maximum atomic E-state index is 11.5. The molecule has 3 nitrogen and oxygen atoms in total. The van der Waals surface area contributed by atoms with Gasteiger partial charge in [0.05, 0.1) is 10.4 Å². The minimum Gasteiger partial charge on any atom is -0.316 e. The second-order valence-electron chi connectivity index (χ2n) is 3.78. The summed E-state index contributed by atoms with van der Waals surface area (Å²) in [6, 6.07) is 2.20. The molecule has 0 saturated heterocycles. The lowest BCUT2D eigenvalue weighted by molar-refractivity contribution is -0.115. The first-order valence-corrected chi connectivity index (χ1v) is 6.86. The van der Waals surface area contributed by atoms with Crippen molar-refractivity contribution in [3.05, 3.63) is 16.0 Å². The van der Waals surface area contributed by atoms with E-state index in [1.165, 1.54) is 4.88 Å². The molecule has 0 aromatic carbocycles. The number of carbonyl (C=O) groups is 1. The number of anilines is 1. The highest BCUT2D eigenvalue weighted by Crippen LogP contribution is 2.38. The van der Waals surface area contributed by atoms with Gasteiger partial charge in [0.25, 0.3) is 0 Å². The molecule has 1 amide bonds. The number of aryl methyl sites for hydroxylation is 1. The molecule has 1 N–H and O–H groups in total. The predicted octanol–water partition coefficient (Wildman–Crippen LogP) is 2.83. The van der Waals surface area contributed by atoms with Gasteiger partial charge >= 0.3 is 0 Å². The number of nitrogens with one attached hydrogen (secondary N) is 1. The van der Waals surface area contributed by atoms with Crippen molar-refractivity contribution in [2.45, 2.75) is 31.0 Å². The summed E-state index contributed by atoms with van der Waals surface area (Å²) in [5.74, 6) is -0.101. The number of alkyl halides is 1. The number of fused-ring (bicyclic) bond motifs is 1. The fourth-order valence-corrected chi connectivity index (χ4v) is 3.18. The minimum absolute atomic E-state index is 0.101. The van der Waals surface area contributed by atoms with Crippen LogP contribution in [-0.2, 0) is 17.6 Å². The van der Waals surface area contributed by atoms with Crippen molar-refractivity contribution >= 4 is 38.2 Å². The molecule has 1 aromatic rings. The van der Waals surface area contributed by atoms with E-state index in [0.717, 1.165) is 24.8 Å². The van der Waals surface area contributed by atoms with Gasteiger partial charge in [-0.1, -0.05) is 15.9 Å². The van der Waals surface area contributed by atoms with E-state index in [9.17, 15) is 4.79 Å². The van der Waals surface area contributed by atoms with Crippen LogP contribution in [0, 0.1) is 11.3 Å². The van der Waals surface area contributed by atoms with Crippen LogP contribution < -0.4 is 5.32 Å². The summed E-state index contributed by atoms with van der Waals surface area (Å²) in [4.78, 5) is 12.6. The molecule has 16 heavy (non-hydrogen) atoms. The number of nitrogens with zero attached hydrogens (tertiary/aromatic N) is 1. The third-order valence-corrected chi connectivity index (χ3v) is 4.25. The SMILES string of the molecule is C[C@@H](Br)C(=O)Nc1sc2c(c1C#N)CCC2. The number of amides is 1. The molecule has 2 rings (SSSR count). The van der Waals surface area contributed by atoms with Crippen molar-refractivity contribution in [1.29, 1.82) is 5.26 Å². The van der Waals surface area contributed by atoms with Gasteiger partial charge in [0.15, 0.2) is 0 Å². The monoisotopic (exact) mass is 298 g/mol. The summed E-state index contributed by atoms with van der Waals surface area (Å²) in [6.07, 6.45) is 3.13. The van der Waals surface area contributed by atoms with Gasteiger partial charge in [-0.05, 0) is 31.7 Å². The van der Waals surface area contributed by atoms with Gasteiger partial charge in [0, 0.05) is 4.88 Å². The Labute approximate surface area is 107 Å². The van der Waals surface area contributed by atoms with E-state index in [4.69, 9.17) is 5.26 Å². The Morgan fingerprint density at radius 3 is 3.00 bits per heavy atom. The molecular formula is C11H11BrN2OS. The van der Waals surface area contributed by atoms with Gasteiger partial charge in [-0.2, -0.15) is 5.26 Å². The molecule has 1 aliphatic rings. The van der Waals surface area contributed by atoms with Crippen LogP contribution >= 0.6 is 27.3 Å². The molecule has 1 heterocycles. The lowest BCUT2D eigenvalue weighted by Crippen LogP contribution is -2.19. The molecule has 0 bridgehead atoms. The zero-order valence-electron chi connectivity index (χ0n) is 8.84. The second kappa shape index (κ2) is 4.56. The first-order valence-electron chi connectivity index (χ1n) is 5.13. The van der Waals surface area contributed by atoms with Gasteiger partial charge < -0.3 is 5.32 Å². The number of halogens is 1. The van der Waals surface area contributed by atoms with Crippen molar-refractivity contribution < 1.29 is 4.79 Å². The Morgan fingerprint density at radius 2 is 2.38 bits per heavy atom. The molecule has 84 valence electrons. The Hall–Kier alpha value is -0.860. The first-order chi connectivity index (χ1) is 7.63. The van der Waals surface area contributed by atoms with Crippen LogP contribution in [0.25, 0.3) is 0 Å². The fourth-order valence-electron chi connectivity index (χ4n) is 1.82.